The maximum atomic E-state index is 13.7. The summed E-state index contributed by atoms with van der Waals surface area (Å²) >= 11 is 1.71. The number of ether oxygens (including phenoxy) is 1. The maximum absolute atomic E-state index is 13.7. The van der Waals surface area contributed by atoms with Crippen molar-refractivity contribution < 1.29 is 18.3 Å². The van der Waals surface area contributed by atoms with Crippen molar-refractivity contribution in [2.24, 2.45) is 0 Å². The minimum Gasteiger partial charge on any atom is -0.507 e. The number of thiophene rings is 1. The lowest BCUT2D eigenvalue weighted by atomic mass is 10.0. The molecule has 0 amide bonds. The number of hydrogen-bond donors (Lipinski definition) is 1. The maximum Gasteiger partial charge on any atom is 0.269 e. The Kier molecular flexibility index (Phi) is 6.53. The van der Waals surface area contributed by atoms with E-state index in [1.54, 1.807) is 66.2 Å². The Bertz CT molecular complexity index is 1720. The van der Waals surface area contributed by atoms with Crippen LogP contribution in [0.4, 0.5) is 0 Å². The van der Waals surface area contributed by atoms with Gasteiger partial charge in [0, 0.05) is 63.9 Å². The molecule has 0 aliphatic carbocycles. The SMILES string of the molecule is Cc1ccc(S(=O)(=O)n2cc(-c3ccccc3O)c3cc(-c4ccc(CN5CCOCC5)s4)cnc32)cc1. The van der Waals surface area contributed by atoms with Crippen molar-refractivity contribution >= 4 is 32.4 Å². The van der Waals surface area contributed by atoms with Gasteiger partial charge in [0.15, 0.2) is 5.65 Å². The molecule has 0 saturated carbocycles. The van der Waals surface area contributed by atoms with Crippen molar-refractivity contribution in [3.8, 4) is 27.3 Å². The van der Waals surface area contributed by atoms with Gasteiger partial charge in [-0.05, 0) is 43.3 Å². The van der Waals surface area contributed by atoms with E-state index in [0.29, 0.717) is 22.2 Å². The van der Waals surface area contributed by atoms with Crippen LogP contribution in [-0.2, 0) is 21.3 Å². The number of para-hydroxylation sites is 1. The fourth-order valence-electron chi connectivity index (χ4n) is 4.73. The number of phenolic OH excluding ortho intramolecular Hbond substituents is 1. The number of nitrogens with zero attached hydrogens (tertiary/aromatic N) is 3. The molecule has 1 aliphatic rings. The number of pyridine rings is 1. The lowest BCUT2D eigenvalue weighted by Gasteiger charge is -2.25. The van der Waals surface area contributed by atoms with E-state index in [9.17, 15) is 13.5 Å². The summed E-state index contributed by atoms with van der Waals surface area (Å²) in [5.41, 5.74) is 3.35. The van der Waals surface area contributed by atoms with Crippen LogP contribution in [0.5, 0.6) is 5.75 Å². The van der Waals surface area contributed by atoms with Crippen molar-refractivity contribution in [2.75, 3.05) is 26.3 Å². The molecule has 1 saturated heterocycles. The fraction of sp³-hybridized carbons (Fsp3) is 0.207. The molecule has 0 spiro atoms. The monoisotopic (exact) mass is 545 g/mol. The summed E-state index contributed by atoms with van der Waals surface area (Å²) in [5.74, 6) is 0.0774. The third-order valence-corrected chi connectivity index (χ3v) is 9.60. The van der Waals surface area contributed by atoms with Crippen molar-refractivity contribution in [3.05, 3.63) is 89.6 Å². The summed E-state index contributed by atoms with van der Waals surface area (Å²) in [6.45, 7) is 6.16. The molecule has 1 N–H and O–H groups in total. The first-order valence-corrected chi connectivity index (χ1v) is 14.7. The fourth-order valence-corrected chi connectivity index (χ4v) is 7.09. The van der Waals surface area contributed by atoms with Crippen LogP contribution in [0.3, 0.4) is 0 Å². The average molecular weight is 546 g/mol. The van der Waals surface area contributed by atoms with Crippen molar-refractivity contribution in [1.29, 1.82) is 0 Å². The Balaban J connectivity index is 1.46. The number of morpholine rings is 1. The largest absolute Gasteiger partial charge is 0.507 e. The van der Waals surface area contributed by atoms with Gasteiger partial charge in [0.05, 0.1) is 18.1 Å². The zero-order valence-corrected chi connectivity index (χ0v) is 22.5. The molecule has 0 bridgehead atoms. The first-order valence-electron chi connectivity index (χ1n) is 12.4. The second kappa shape index (κ2) is 9.99. The second-order valence-corrected chi connectivity index (χ2v) is 12.4. The molecule has 1 fully saturated rings. The highest BCUT2D eigenvalue weighted by Gasteiger charge is 2.24. The molecule has 5 aromatic rings. The summed E-state index contributed by atoms with van der Waals surface area (Å²) in [6, 6.07) is 19.9. The van der Waals surface area contributed by atoms with Gasteiger partial charge in [-0.3, -0.25) is 4.90 Å². The number of aromatic hydroxyl groups is 1. The predicted molar refractivity (Wildman–Crippen MR) is 150 cm³/mol. The van der Waals surface area contributed by atoms with Gasteiger partial charge in [0.1, 0.15) is 5.75 Å². The zero-order chi connectivity index (χ0) is 26.3. The second-order valence-electron chi connectivity index (χ2n) is 9.42. The van der Waals surface area contributed by atoms with E-state index in [1.165, 1.54) is 8.85 Å². The molecule has 0 unspecified atom stereocenters. The third kappa shape index (κ3) is 4.63. The molecule has 38 heavy (non-hydrogen) atoms. The van der Waals surface area contributed by atoms with Crippen LogP contribution in [0.25, 0.3) is 32.6 Å². The smallest absolute Gasteiger partial charge is 0.269 e. The van der Waals surface area contributed by atoms with E-state index in [4.69, 9.17) is 4.74 Å². The number of benzene rings is 2. The molecule has 0 radical (unpaired) electrons. The molecule has 7 nitrogen and oxygen atoms in total. The Morgan fingerprint density at radius 2 is 1.76 bits per heavy atom. The molecule has 9 heteroatoms. The third-order valence-electron chi connectivity index (χ3n) is 6.81. The Morgan fingerprint density at radius 3 is 2.53 bits per heavy atom. The molecule has 4 heterocycles. The Labute approximate surface area is 225 Å². The number of rotatable bonds is 6. The summed E-state index contributed by atoms with van der Waals surface area (Å²) < 4.78 is 34.0. The van der Waals surface area contributed by atoms with Gasteiger partial charge in [-0.2, -0.15) is 0 Å². The van der Waals surface area contributed by atoms with Gasteiger partial charge < -0.3 is 9.84 Å². The number of aromatic nitrogens is 2. The van der Waals surface area contributed by atoms with Gasteiger partial charge in [-0.25, -0.2) is 17.4 Å². The quantitative estimate of drug-likeness (QED) is 0.303. The molecular formula is C29H27N3O4S2. The van der Waals surface area contributed by atoms with Crippen LogP contribution in [0.2, 0.25) is 0 Å². The molecule has 3 aromatic heterocycles. The van der Waals surface area contributed by atoms with Crippen LogP contribution in [0.1, 0.15) is 10.4 Å². The van der Waals surface area contributed by atoms with Gasteiger partial charge in [0.25, 0.3) is 10.0 Å². The number of phenols is 1. The van der Waals surface area contributed by atoms with Crippen LogP contribution in [-0.4, -0.2) is 53.7 Å². The lowest BCUT2D eigenvalue weighted by Crippen LogP contribution is -2.35. The van der Waals surface area contributed by atoms with E-state index in [-0.39, 0.29) is 10.6 Å². The van der Waals surface area contributed by atoms with E-state index in [1.807, 2.05) is 19.1 Å². The summed E-state index contributed by atoms with van der Waals surface area (Å²) in [4.78, 5) is 9.52. The van der Waals surface area contributed by atoms with E-state index >= 15 is 0 Å². The molecule has 2 aromatic carbocycles. The van der Waals surface area contributed by atoms with Crippen LogP contribution >= 0.6 is 11.3 Å². The normalized spacial score (nSPS) is 14.8. The molecule has 0 atom stereocenters. The highest BCUT2D eigenvalue weighted by atomic mass is 32.2. The minimum atomic E-state index is -3.91. The predicted octanol–water partition coefficient (Wildman–Crippen LogP) is 5.52. The van der Waals surface area contributed by atoms with Crippen molar-refractivity contribution in [2.45, 2.75) is 18.4 Å². The first-order chi connectivity index (χ1) is 18.4. The molecule has 6 rings (SSSR count). The standard InChI is InChI=1S/C29H27N3O4S2/c1-20-6-9-23(10-7-20)38(34,35)32-19-26(24-4-2-3-5-27(24)33)25-16-21(17-30-29(25)32)28-11-8-22(37-28)18-31-12-14-36-15-13-31/h2-11,16-17,19,33H,12-15,18H2,1H3. The van der Waals surface area contributed by atoms with Crippen LogP contribution < -0.4 is 0 Å². The summed E-state index contributed by atoms with van der Waals surface area (Å²) in [6.07, 6.45) is 3.28. The van der Waals surface area contributed by atoms with E-state index < -0.39 is 10.0 Å². The molecule has 194 valence electrons. The molecular weight excluding hydrogens is 518 g/mol. The van der Waals surface area contributed by atoms with Crippen molar-refractivity contribution in [1.82, 2.24) is 13.9 Å². The van der Waals surface area contributed by atoms with E-state index in [0.717, 1.165) is 48.9 Å². The highest BCUT2D eigenvalue weighted by molar-refractivity contribution is 7.90. The van der Waals surface area contributed by atoms with Crippen LogP contribution in [0, 0.1) is 6.92 Å². The average Bonchev–Trinajstić information content (AvgIpc) is 3.55. The molecule has 1 aliphatic heterocycles. The zero-order valence-electron chi connectivity index (χ0n) is 20.9. The Hall–Kier alpha value is -3.50. The van der Waals surface area contributed by atoms with Gasteiger partial charge in [-0.1, -0.05) is 35.9 Å². The van der Waals surface area contributed by atoms with Gasteiger partial charge >= 0.3 is 0 Å². The Morgan fingerprint density at radius 1 is 1.00 bits per heavy atom. The van der Waals surface area contributed by atoms with Crippen molar-refractivity contribution in [3.63, 3.8) is 0 Å². The summed E-state index contributed by atoms with van der Waals surface area (Å²) in [7, 11) is -3.91. The highest BCUT2D eigenvalue weighted by Crippen LogP contribution is 2.39. The van der Waals surface area contributed by atoms with Crippen LogP contribution in [0.15, 0.2) is 84.0 Å². The minimum absolute atomic E-state index is 0.0774. The first kappa shape index (κ1) is 24.8. The number of fused-ring (bicyclic) bond motifs is 1. The van der Waals surface area contributed by atoms with Gasteiger partial charge in [0.2, 0.25) is 0 Å². The van der Waals surface area contributed by atoms with Gasteiger partial charge in [-0.15, -0.1) is 11.3 Å². The summed E-state index contributed by atoms with van der Waals surface area (Å²) in [5, 5.41) is 11.3. The lowest BCUT2D eigenvalue weighted by molar-refractivity contribution is 0.0346. The topological polar surface area (TPSA) is 84.7 Å². The van der Waals surface area contributed by atoms with E-state index in [2.05, 4.69) is 22.0 Å². The number of hydrogen-bond acceptors (Lipinski definition) is 7. The number of aryl methyl sites for hydroxylation is 1.